The highest BCUT2D eigenvalue weighted by Crippen LogP contribution is 2.29. The number of halogens is 3. The summed E-state index contributed by atoms with van der Waals surface area (Å²) in [5.41, 5.74) is 2.89. The molecule has 1 atom stereocenters. The van der Waals surface area contributed by atoms with Crippen molar-refractivity contribution in [1.82, 2.24) is 5.48 Å². The lowest BCUT2D eigenvalue weighted by atomic mass is 10.0. The summed E-state index contributed by atoms with van der Waals surface area (Å²) in [5, 5.41) is 0. The zero-order valence-corrected chi connectivity index (χ0v) is 8.21. The Balaban J connectivity index is 2.75. The second kappa shape index (κ2) is 5.14. The highest BCUT2D eigenvalue weighted by Gasteiger charge is 2.32. The first-order chi connectivity index (χ1) is 7.03. The molecule has 1 rings (SSSR count). The van der Waals surface area contributed by atoms with Crippen molar-refractivity contribution in [2.75, 3.05) is 7.11 Å². The Morgan fingerprint density at radius 3 is 2.33 bits per heavy atom. The molecule has 0 aromatic heterocycles. The lowest BCUT2D eigenvalue weighted by molar-refractivity contribution is -0.148. The van der Waals surface area contributed by atoms with Crippen LogP contribution in [0, 0.1) is 0 Å². The smallest absolute Gasteiger partial charge is 0.305 e. The minimum atomic E-state index is -4.22. The fraction of sp³-hybridized carbons (Fsp3) is 0.400. The Hall–Kier alpha value is -1.07. The van der Waals surface area contributed by atoms with Crippen LogP contribution in [0.2, 0.25) is 0 Å². The summed E-state index contributed by atoms with van der Waals surface area (Å²) in [4.78, 5) is 4.55. The molecule has 0 aliphatic carbocycles. The first kappa shape index (κ1) is 12.0. The molecule has 1 unspecified atom stereocenters. The van der Waals surface area contributed by atoms with Gasteiger partial charge in [-0.25, -0.2) is 0 Å². The largest absolute Gasteiger partial charge is 0.391 e. The van der Waals surface area contributed by atoms with Crippen LogP contribution in [0.4, 0.5) is 13.2 Å². The number of rotatable bonds is 4. The molecule has 0 radical (unpaired) electrons. The van der Waals surface area contributed by atoms with Gasteiger partial charge < -0.3 is 4.84 Å². The molecule has 0 aliphatic heterocycles. The van der Waals surface area contributed by atoms with Crippen LogP contribution in [0.5, 0.6) is 0 Å². The number of hydroxylamine groups is 1. The molecule has 2 nitrogen and oxygen atoms in total. The van der Waals surface area contributed by atoms with E-state index in [1.54, 1.807) is 30.3 Å². The fourth-order valence-electron chi connectivity index (χ4n) is 1.29. The quantitative estimate of drug-likeness (QED) is 0.786. The second-order valence-corrected chi connectivity index (χ2v) is 3.10. The molecule has 1 aromatic rings. The summed E-state index contributed by atoms with van der Waals surface area (Å²) >= 11 is 0. The maximum atomic E-state index is 12.2. The SMILES string of the molecule is CONC(CC(F)(F)F)c1ccccc1. The molecule has 1 aromatic carbocycles. The minimum Gasteiger partial charge on any atom is -0.305 e. The molecule has 0 saturated carbocycles. The normalized spacial score (nSPS) is 13.9. The number of nitrogens with one attached hydrogen (secondary N) is 1. The van der Waals surface area contributed by atoms with E-state index in [0.29, 0.717) is 5.56 Å². The molecule has 84 valence electrons. The van der Waals surface area contributed by atoms with Crippen LogP contribution in [-0.4, -0.2) is 13.3 Å². The van der Waals surface area contributed by atoms with Gasteiger partial charge in [0.2, 0.25) is 0 Å². The average Bonchev–Trinajstić information content (AvgIpc) is 2.17. The van der Waals surface area contributed by atoms with Gasteiger partial charge in [0.1, 0.15) is 0 Å². The van der Waals surface area contributed by atoms with Crippen molar-refractivity contribution in [2.24, 2.45) is 0 Å². The lowest BCUT2D eigenvalue weighted by Crippen LogP contribution is -2.25. The average molecular weight is 219 g/mol. The summed E-state index contributed by atoms with van der Waals surface area (Å²) in [6.07, 6.45) is -5.17. The van der Waals surface area contributed by atoms with E-state index in [4.69, 9.17) is 0 Å². The van der Waals surface area contributed by atoms with Crippen LogP contribution in [0.3, 0.4) is 0 Å². The maximum Gasteiger partial charge on any atom is 0.391 e. The molecule has 0 fully saturated rings. The van der Waals surface area contributed by atoms with Gasteiger partial charge in [-0.2, -0.15) is 18.7 Å². The van der Waals surface area contributed by atoms with Gasteiger partial charge in [-0.15, -0.1) is 0 Å². The first-order valence-corrected chi connectivity index (χ1v) is 4.43. The van der Waals surface area contributed by atoms with Gasteiger partial charge in [0.15, 0.2) is 0 Å². The maximum absolute atomic E-state index is 12.2. The van der Waals surface area contributed by atoms with Gasteiger partial charge in [-0.3, -0.25) is 0 Å². The second-order valence-electron chi connectivity index (χ2n) is 3.10. The van der Waals surface area contributed by atoms with Gasteiger partial charge in [0, 0.05) is 0 Å². The van der Waals surface area contributed by atoms with E-state index in [2.05, 4.69) is 10.3 Å². The zero-order chi connectivity index (χ0) is 11.3. The van der Waals surface area contributed by atoms with Crippen molar-refractivity contribution in [1.29, 1.82) is 0 Å². The predicted octanol–water partition coefficient (Wildman–Crippen LogP) is 2.83. The Kier molecular flexibility index (Phi) is 4.11. The van der Waals surface area contributed by atoms with Crippen LogP contribution in [-0.2, 0) is 4.84 Å². The molecule has 0 heterocycles. The molecular formula is C10H12F3NO. The third kappa shape index (κ3) is 4.31. The zero-order valence-electron chi connectivity index (χ0n) is 8.21. The van der Waals surface area contributed by atoms with Crippen LogP contribution in [0.15, 0.2) is 30.3 Å². The number of hydrogen-bond donors (Lipinski definition) is 1. The third-order valence-corrected chi connectivity index (χ3v) is 1.90. The summed E-state index contributed by atoms with van der Waals surface area (Å²) in [5.74, 6) is 0. The standard InChI is InChI=1S/C10H12F3NO/c1-15-14-9(7-10(11,12)13)8-5-3-2-4-6-8/h2-6,9,14H,7H2,1H3. The number of hydrogen-bond acceptors (Lipinski definition) is 2. The highest BCUT2D eigenvalue weighted by atomic mass is 19.4. The molecule has 0 bridgehead atoms. The van der Waals surface area contributed by atoms with E-state index in [1.807, 2.05) is 0 Å². The van der Waals surface area contributed by atoms with E-state index in [-0.39, 0.29) is 0 Å². The topological polar surface area (TPSA) is 21.3 Å². The van der Waals surface area contributed by atoms with Crippen molar-refractivity contribution in [3.8, 4) is 0 Å². The molecule has 0 aliphatic rings. The van der Waals surface area contributed by atoms with Crippen molar-refractivity contribution in [2.45, 2.75) is 18.6 Å². The lowest BCUT2D eigenvalue weighted by Gasteiger charge is -2.19. The van der Waals surface area contributed by atoms with E-state index in [1.165, 1.54) is 7.11 Å². The monoisotopic (exact) mass is 219 g/mol. The Labute approximate surface area is 86.0 Å². The molecule has 15 heavy (non-hydrogen) atoms. The summed E-state index contributed by atoms with van der Waals surface area (Å²) in [6, 6.07) is 7.52. The molecule has 1 N–H and O–H groups in total. The van der Waals surface area contributed by atoms with Gasteiger partial charge in [-0.1, -0.05) is 30.3 Å². The van der Waals surface area contributed by atoms with Crippen LogP contribution in [0.25, 0.3) is 0 Å². The van der Waals surface area contributed by atoms with Crippen molar-refractivity contribution < 1.29 is 18.0 Å². The van der Waals surface area contributed by atoms with Crippen molar-refractivity contribution in [3.05, 3.63) is 35.9 Å². The van der Waals surface area contributed by atoms with E-state index in [9.17, 15) is 13.2 Å². The van der Waals surface area contributed by atoms with E-state index < -0.39 is 18.6 Å². The van der Waals surface area contributed by atoms with Gasteiger partial charge in [0.05, 0.1) is 19.6 Å². The Bertz CT molecular complexity index is 286. The Morgan fingerprint density at radius 2 is 1.87 bits per heavy atom. The van der Waals surface area contributed by atoms with Crippen LogP contribution in [0.1, 0.15) is 18.0 Å². The van der Waals surface area contributed by atoms with Crippen LogP contribution >= 0.6 is 0 Å². The van der Waals surface area contributed by atoms with E-state index >= 15 is 0 Å². The van der Waals surface area contributed by atoms with Crippen LogP contribution < -0.4 is 5.48 Å². The summed E-state index contributed by atoms with van der Waals surface area (Å²) < 4.78 is 36.7. The molecule has 5 heteroatoms. The minimum absolute atomic E-state index is 0.552. The van der Waals surface area contributed by atoms with Gasteiger partial charge >= 0.3 is 6.18 Å². The fourth-order valence-corrected chi connectivity index (χ4v) is 1.29. The third-order valence-electron chi connectivity index (χ3n) is 1.90. The summed E-state index contributed by atoms with van der Waals surface area (Å²) in [7, 11) is 1.30. The highest BCUT2D eigenvalue weighted by molar-refractivity contribution is 5.18. The first-order valence-electron chi connectivity index (χ1n) is 4.43. The van der Waals surface area contributed by atoms with Gasteiger partial charge in [-0.05, 0) is 5.56 Å². The Morgan fingerprint density at radius 1 is 1.27 bits per heavy atom. The molecular weight excluding hydrogens is 207 g/mol. The summed E-state index contributed by atoms with van der Waals surface area (Å²) in [6.45, 7) is 0. The predicted molar refractivity (Wildman–Crippen MR) is 50.0 cm³/mol. The number of alkyl halides is 3. The van der Waals surface area contributed by atoms with E-state index in [0.717, 1.165) is 0 Å². The number of benzene rings is 1. The van der Waals surface area contributed by atoms with Crippen molar-refractivity contribution >= 4 is 0 Å². The van der Waals surface area contributed by atoms with Crippen molar-refractivity contribution in [3.63, 3.8) is 0 Å². The molecule has 0 spiro atoms. The van der Waals surface area contributed by atoms with Gasteiger partial charge in [0.25, 0.3) is 0 Å². The molecule has 0 amide bonds. The molecule has 0 saturated heterocycles.